The van der Waals surface area contributed by atoms with E-state index in [0.717, 1.165) is 12.8 Å². The van der Waals surface area contributed by atoms with Crippen molar-refractivity contribution in [3.8, 4) is 0 Å². The minimum atomic E-state index is -0.412. The maximum atomic E-state index is 11.6. The minimum Gasteiger partial charge on any atom is -0.465 e. The number of epoxide rings is 1. The highest BCUT2D eigenvalue weighted by Crippen LogP contribution is 2.38. The molecule has 0 aromatic rings. The molecule has 3 nitrogen and oxygen atoms in total. The largest absolute Gasteiger partial charge is 0.465 e. The second-order valence-corrected chi connectivity index (χ2v) is 3.71. The highest BCUT2D eigenvalue weighted by atomic mass is 16.6. The summed E-state index contributed by atoms with van der Waals surface area (Å²) in [5.41, 5.74) is -0.412. The molecule has 2 unspecified atom stereocenters. The van der Waals surface area contributed by atoms with Crippen LogP contribution in [-0.4, -0.2) is 25.3 Å². The summed E-state index contributed by atoms with van der Waals surface area (Å²) >= 11 is 0. The van der Waals surface area contributed by atoms with Crippen LogP contribution in [0.25, 0.3) is 0 Å². The summed E-state index contributed by atoms with van der Waals surface area (Å²) in [5.74, 6) is -0.112. The zero-order valence-electron chi connectivity index (χ0n) is 8.63. The third kappa shape index (κ3) is 2.21. The second kappa shape index (κ2) is 4.09. The number of hydrogen-bond donors (Lipinski definition) is 0. The van der Waals surface area contributed by atoms with Gasteiger partial charge < -0.3 is 9.47 Å². The summed E-state index contributed by atoms with van der Waals surface area (Å²) in [6.07, 6.45) is 1.91. The molecule has 0 amide bonds. The smallest absolute Gasteiger partial charge is 0.314 e. The quantitative estimate of drug-likeness (QED) is 0.485. The molecule has 0 radical (unpaired) electrons. The average molecular weight is 186 g/mol. The first-order valence-corrected chi connectivity index (χ1v) is 4.94. The van der Waals surface area contributed by atoms with Gasteiger partial charge in [0.2, 0.25) is 0 Å². The molecule has 1 aliphatic heterocycles. The van der Waals surface area contributed by atoms with Gasteiger partial charge in [0.05, 0.1) is 24.7 Å². The molecule has 3 heteroatoms. The van der Waals surface area contributed by atoms with Crippen LogP contribution in [0.1, 0.15) is 33.6 Å². The van der Waals surface area contributed by atoms with Crippen LogP contribution >= 0.6 is 0 Å². The van der Waals surface area contributed by atoms with Crippen molar-refractivity contribution in [1.82, 2.24) is 0 Å². The third-order valence-electron chi connectivity index (χ3n) is 2.56. The van der Waals surface area contributed by atoms with E-state index in [0.29, 0.717) is 13.2 Å². The van der Waals surface area contributed by atoms with Gasteiger partial charge in [-0.2, -0.15) is 0 Å². The minimum absolute atomic E-state index is 0.0894. The molecular weight excluding hydrogens is 168 g/mol. The molecule has 2 atom stereocenters. The number of rotatable bonds is 5. The van der Waals surface area contributed by atoms with Crippen molar-refractivity contribution in [1.29, 1.82) is 0 Å². The Morgan fingerprint density at radius 2 is 2.23 bits per heavy atom. The van der Waals surface area contributed by atoms with Crippen LogP contribution in [0, 0.1) is 5.41 Å². The molecule has 0 spiro atoms. The molecule has 0 aromatic heterocycles. The fraction of sp³-hybridized carbons (Fsp3) is 0.900. The Balaban J connectivity index is 2.59. The van der Waals surface area contributed by atoms with Crippen LogP contribution in [0.4, 0.5) is 0 Å². The average Bonchev–Trinajstić information content (AvgIpc) is 2.87. The molecule has 0 aromatic carbocycles. The van der Waals surface area contributed by atoms with Gasteiger partial charge in [-0.15, -0.1) is 0 Å². The standard InChI is InChI=1S/C10H18O3/c1-4-6-10(3,8-7-13-8)9(11)12-5-2/h8H,4-7H2,1-3H3. The lowest BCUT2D eigenvalue weighted by Gasteiger charge is -2.24. The Morgan fingerprint density at radius 3 is 2.62 bits per heavy atom. The Hall–Kier alpha value is -0.570. The molecule has 0 N–H and O–H groups in total. The van der Waals surface area contributed by atoms with Crippen molar-refractivity contribution in [2.24, 2.45) is 5.41 Å². The van der Waals surface area contributed by atoms with Gasteiger partial charge in [0.1, 0.15) is 0 Å². The number of carbonyl (C=O) groups excluding carboxylic acids is 1. The van der Waals surface area contributed by atoms with Gasteiger partial charge in [0.15, 0.2) is 0 Å². The molecular formula is C10H18O3. The van der Waals surface area contributed by atoms with Crippen LogP contribution in [-0.2, 0) is 14.3 Å². The first kappa shape index (κ1) is 10.5. The van der Waals surface area contributed by atoms with E-state index in [9.17, 15) is 4.79 Å². The maximum absolute atomic E-state index is 11.6. The number of esters is 1. The van der Waals surface area contributed by atoms with Gasteiger partial charge in [-0.1, -0.05) is 13.3 Å². The Bertz CT molecular complexity index is 187. The van der Waals surface area contributed by atoms with Crippen LogP contribution in [0.15, 0.2) is 0 Å². The molecule has 0 aliphatic carbocycles. The summed E-state index contributed by atoms with van der Waals surface area (Å²) < 4.78 is 10.2. The molecule has 1 fully saturated rings. The van der Waals surface area contributed by atoms with Gasteiger partial charge in [-0.25, -0.2) is 0 Å². The first-order valence-electron chi connectivity index (χ1n) is 4.94. The SMILES string of the molecule is CCCC(C)(C(=O)OCC)C1CO1. The molecule has 1 saturated heterocycles. The molecule has 76 valence electrons. The van der Waals surface area contributed by atoms with E-state index in [4.69, 9.17) is 9.47 Å². The van der Waals surface area contributed by atoms with Crippen LogP contribution in [0.3, 0.4) is 0 Å². The lowest BCUT2D eigenvalue weighted by molar-refractivity contribution is -0.156. The van der Waals surface area contributed by atoms with Gasteiger partial charge >= 0.3 is 5.97 Å². The highest BCUT2D eigenvalue weighted by Gasteiger charge is 2.49. The summed E-state index contributed by atoms with van der Waals surface area (Å²) in [6, 6.07) is 0. The van der Waals surface area contributed by atoms with Crippen molar-refractivity contribution in [3.05, 3.63) is 0 Å². The van der Waals surface area contributed by atoms with Crippen molar-refractivity contribution < 1.29 is 14.3 Å². The Labute approximate surface area is 79.4 Å². The summed E-state index contributed by atoms with van der Waals surface area (Å²) in [7, 11) is 0. The molecule has 1 rings (SSSR count). The topological polar surface area (TPSA) is 38.8 Å². The Kier molecular flexibility index (Phi) is 3.31. The van der Waals surface area contributed by atoms with Crippen molar-refractivity contribution in [2.45, 2.75) is 39.7 Å². The predicted octanol–water partition coefficient (Wildman–Crippen LogP) is 1.75. The van der Waals surface area contributed by atoms with E-state index in [1.54, 1.807) is 0 Å². The number of ether oxygens (including phenoxy) is 2. The molecule has 0 bridgehead atoms. The van der Waals surface area contributed by atoms with Crippen LogP contribution in [0.5, 0.6) is 0 Å². The van der Waals surface area contributed by atoms with Gasteiger partial charge in [0.25, 0.3) is 0 Å². The van der Waals surface area contributed by atoms with Crippen molar-refractivity contribution in [2.75, 3.05) is 13.2 Å². The van der Waals surface area contributed by atoms with Gasteiger partial charge in [-0.3, -0.25) is 4.79 Å². The van der Waals surface area contributed by atoms with E-state index < -0.39 is 5.41 Å². The van der Waals surface area contributed by atoms with E-state index in [2.05, 4.69) is 6.92 Å². The van der Waals surface area contributed by atoms with E-state index in [1.807, 2.05) is 13.8 Å². The number of hydrogen-bond acceptors (Lipinski definition) is 3. The van der Waals surface area contributed by atoms with Crippen LogP contribution < -0.4 is 0 Å². The second-order valence-electron chi connectivity index (χ2n) is 3.71. The summed E-state index contributed by atoms with van der Waals surface area (Å²) in [4.78, 5) is 11.6. The fourth-order valence-corrected chi connectivity index (χ4v) is 1.63. The van der Waals surface area contributed by atoms with Crippen LogP contribution in [0.2, 0.25) is 0 Å². The van der Waals surface area contributed by atoms with E-state index >= 15 is 0 Å². The zero-order chi connectivity index (χ0) is 9.90. The normalized spacial score (nSPS) is 25.0. The maximum Gasteiger partial charge on any atom is 0.314 e. The molecule has 1 aliphatic rings. The summed E-state index contributed by atoms with van der Waals surface area (Å²) in [5, 5.41) is 0. The third-order valence-corrected chi connectivity index (χ3v) is 2.56. The summed E-state index contributed by atoms with van der Waals surface area (Å²) in [6.45, 7) is 6.99. The van der Waals surface area contributed by atoms with Gasteiger partial charge in [-0.05, 0) is 20.3 Å². The molecule has 0 saturated carbocycles. The predicted molar refractivity (Wildman–Crippen MR) is 49.4 cm³/mol. The lowest BCUT2D eigenvalue weighted by Crippen LogP contribution is -2.35. The lowest BCUT2D eigenvalue weighted by atomic mass is 9.82. The van der Waals surface area contributed by atoms with E-state index in [1.165, 1.54) is 0 Å². The first-order chi connectivity index (χ1) is 6.15. The number of carbonyl (C=O) groups is 1. The van der Waals surface area contributed by atoms with Gasteiger partial charge in [0, 0.05) is 0 Å². The monoisotopic (exact) mass is 186 g/mol. The molecule has 1 heterocycles. The van der Waals surface area contributed by atoms with E-state index in [-0.39, 0.29) is 12.1 Å². The Morgan fingerprint density at radius 1 is 1.62 bits per heavy atom. The zero-order valence-corrected chi connectivity index (χ0v) is 8.63. The highest BCUT2D eigenvalue weighted by molar-refractivity contribution is 5.77. The molecule has 13 heavy (non-hydrogen) atoms. The van der Waals surface area contributed by atoms with Crippen molar-refractivity contribution >= 4 is 5.97 Å². The van der Waals surface area contributed by atoms with Crippen molar-refractivity contribution in [3.63, 3.8) is 0 Å². The fourth-order valence-electron chi connectivity index (χ4n) is 1.63.